The molecule has 0 bridgehead atoms. The molecular weight excluding hydrogens is 477 g/mol. The Morgan fingerprint density at radius 1 is 0.973 bits per heavy atom. The van der Waals surface area contributed by atoms with Crippen molar-refractivity contribution in [2.75, 3.05) is 0 Å². The first-order chi connectivity index (χ1) is 17.6. The van der Waals surface area contributed by atoms with Gasteiger partial charge in [0.15, 0.2) is 17.1 Å². The van der Waals surface area contributed by atoms with E-state index in [1.54, 1.807) is 6.07 Å². The fourth-order valence-electron chi connectivity index (χ4n) is 5.39. The third-order valence-corrected chi connectivity index (χ3v) is 7.06. The van der Waals surface area contributed by atoms with E-state index in [0.29, 0.717) is 11.6 Å². The molecule has 6 rings (SSSR count). The molecule has 2 fully saturated rings. The van der Waals surface area contributed by atoms with Gasteiger partial charge in [0.25, 0.3) is 0 Å². The molecular formula is C30H27NNaO5. The zero-order valence-corrected chi connectivity index (χ0v) is 23.1. The molecule has 1 saturated carbocycles. The molecule has 2 unspecified atom stereocenters. The summed E-state index contributed by atoms with van der Waals surface area (Å²) in [5.74, 6) is 1.62. The number of hydrogen-bond acceptors (Lipinski definition) is 6. The fraction of sp³-hybridized carbons (Fsp3) is 0.267. The van der Waals surface area contributed by atoms with Gasteiger partial charge in [0, 0.05) is 53.5 Å². The van der Waals surface area contributed by atoms with Gasteiger partial charge in [0.2, 0.25) is 5.89 Å². The monoisotopic (exact) mass is 504 g/mol. The largest absolute Gasteiger partial charge is 0.437 e. The van der Waals surface area contributed by atoms with Crippen molar-refractivity contribution in [3.05, 3.63) is 96.4 Å². The van der Waals surface area contributed by atoms with Gasteiger partial charge in [0.1, 0.15) is 5.69 Å². The van der Waals surface area contributed by atoms with Crippen LogP contribution in [0.3, 0.4) is 0 Å². The minimum Gasteiger partial charge on any atom is -0.437 e. The Morgan fingerprint density at radius 3 is 2.43 bits per heavy atom. The van der Waals surface area contributed by atoms with Crippen molar-refractivity contribution >= 4 is 35.5 Å². The number of carbonyl (C=O) groups is 1. The third-order valence-electron chi connectivity index (χ3n) is 7.06. The van der Waals surface area contributed by atoms with Crippen LogP contribution in [0, 0.1) is 5.92 Å². The van der Waals surface area contributed by atoms with E-state index in [9.17, 15) is 4.79 Å². The van der Waals surface area contributed by atoms with Crippen LogP contribution < -0.4 is 4.89 Å². The number of epoxide rings is 1. The smallest absolute Gasteiger partial charge is 0.352 e. The molecule has 0 N–H and O–H groups in total. The summed E-state index contributed by atoms with van der Waals surface area (Å²) >= 11 is 0. The van der Waals surface area contributed by atoms with Gasteiger partial charge in [-0.2, -0.15) is 0 Å². The average Bonchev–Trinajstić information content (AvgIpc) is 3.51. The van der Waals surface area contributed by atoms with Crippen LogP contribution in [0.1, 0.15) is 37.6 Å². The van der Waals surface area contributed by atoms with E-state index >= 15 is 0 Å². The number of hydrogen-bond donors (Lipinski definition) is 0. The molecule has 6 nitrogen and oxygen atoms in total. The van der Waals surface area contributed by atoms with Crippen molar-refractivity contribution in [2.24, 2.45) is 5.92 Å². The van der Waals surface area contributed by atoms with Crippen LogP contribution >= 0.6 is 0 Å². The summed E-state index contributed by atoms with van der Waals surface area (Å²) in [6.45, 7) is 1.31. The number of ether oxygens (including phenoxy) is 1. The molecule has 4 aromatic rings. The number of rotatable bonds is 7. The zero-order valence-electron chi connectivity index (χ0n) is 21.1. The summed E-state index contributed by atoms with van der Waals surface area (Å²) in [4.78, 5) is 26.1. The van der Waals surface area contributed by atoms with Gasteiger partial charge in [0.05, 0.1) is 6.10 Å². The average molecular weight is 505 g/mol. The Morgan fingerprint density at radius 2 is 1.70 bits per heavy atom. The predicted molar refractivity (Wildman–Crippen MR) is 140 cm³/mol. The van der Waals surface area contributed by atoms with Gasteiger partial charge in [-0.3, -0.25) is 9.78 Å². The van der Waals surface area contributed by atoms with Gasteiger partial charge in [-0.25, -0.2) is 9.78 Å². The molecule has 7 heteroatoms. The molecule has 1 aliphatic carbocycles. The quantitative estimate of drug-likeness (QED) is 0.131. The molecule has 0 amide bonds. The van der Waals surface area contributed by atoms with Crippen LogP contribution in [0.4, 0.5) is 0 Å². The molecule has 0 spiro atoms. The van der Waals surface area contributed by atoms with Crippen molar-refractivity contribution in [2.45, 2.75) is 44.3 Å². The van der Waals surface area contributed by atoms with Crippen LogP contribution in [-0.4, -0.2) is 46.6 Å². The number of carbonyl (C=O) groups excluding carboxylic acids is 1. The van der Waals surface area contributed by atoms with Gasteiger partial charge in [-0.15, -0.1) is 0 Å². The maximum atomic E-state index is 11.1. The second kappa shape index (κ2) is 10.8. The SMILES string of the molecule is CC(=O)OOc1cccc(C[C@@H]2CCCC3OC32c2nc(-c3ccccc3)c(-c3ccccc3)o2)c1.[Na]. The third kappa shape index (κ3) is 5.12. The molecule has 1 aliphatic heterocycles. The molecule has 1 aromatic heterocycles. The van der Waals surface area contributed by atoms with Crippen LogP contribution in [0.2, 0.25) is 0 Å². The Labute approximate surface area is 238 Å². The Kier molecular flexibility index (Phi) is 7.54. The molecule has 2 aliphatic rings. The van der Waals surface area contributed by atoms with E-state index in [0.717, 1.165) is 53.8 Å². The summed E-state index contributed by atoms with van der Waals surface area (Å²) in [5.41, 5.74) is 3.38. The van der Waals surface area contributed by atoms with Gasteiger partial charge < -0.3 is 9.15 Å². The molecule has 183 valence electrons. The van der Waals surface area contributed by atoms with E-state index < -0.39 is 11.6 Å². The number of benzene rings is 3. The normalized spacial score (nSPS) is 21.9. The molecule has 37 heavy (non-hydrogen) atoms. The molecule has 3 aromatic carbocycles. The van der Waals surface area contributed by atoms with Gasteiger partial charge >= 0.3 is 5.97 Å². The Bertz CT molecular complexity index is 1320. The Hall–Kier alpha value is -2.90. The van der Waals surface area contributed by atoms with E-state index in [1.807, 2.05) is 60.7 Å². The maximum Gasteiger partial charge on any atom is 0.352 e. The number of oxazole rings is 1. The molecule has 3 atom stereocenters. The first-order valence-electron chi connectivity index (χ1n) is 12.4. The number of nitrogens with zero attached hydrogens (tertiary/aromatic N) is 1. The minimum absolute atomic E-state index is 0. The maximum absolute atomic E-state index is 11.1. The van der Waals surface area contributed by atoms with E-state index in [-0.39, 0.29) is 41.6 Å². The molecule has 1 radical (unpaired) electrons. The van der Waals surface area contributed by atoms with E-state index in [1.165, 1.54) is 6.92 Å². The first kappa shape index (κ1) is 25.7. The van der Waals surface area contributed by atoms with Crippen molar-refractivity contribution in [1.82, 2.24) is 4.98 Å². The van der Waals surface area contributed by atoms with E-state index in [2.05, 4.69) is 18.2 Å². The van der Waals surface area contributed by atoms with Crippen molar-refractivity contribution in [3.8, 4) is 28.3 Å². The minimum atomic E-state index is -0.540. The predicted octanol–water partition coefficient (Wildman–Crippen LogP) is 6.12. The number of fused-ring (bicyclic) bond motifs is 1. The van der Waals surface area contributed by atoms with Crippen LogP contribution in [0.15, 0.2) is 89.3 Å². The zero-order chi connectivity index (χ0) is 24.5. The van der Waals surface area contributed by atoms with Crippen LogP contribution in [0.25, 0.3) is 22.6 Å². The summed E-state index contributed by atoms with van der Waals surface area (Å²) in [6, 6.07) is 27.9. The topological polar surface area (TPSA) is 74.1 Å². The second-order valence-corrected chi connectivity index (χ2v) is 9.47. The standard InChI is InChI=1S/C30H27NO5.Na/c1-20(32)35-36-25-16-8-10-21(19-25)18-24-15-9-17-26-30(24,34-26)29-31-27(22-11-4-2-5-12-22)28(33-29)23-13-6-3-7-14-23;/h2-8,10-14,16,19,24,26H,9,15,17-18H2,1H3;/t24-,26?,30?;/m0./s1. The van der Waals surface area contributed by atoms with Gasteiger partial charge in [-0.05, 0) is 37.0 Å². The van der Waals surface area contributed by atoms with Gasteiger partial charge in [-0.1, -0.05) is 79.2 Å². The van der Waals surface area contributed by atoms with Crippen molar-refractivity contribution in [3.63, 3.8) is 0 Å². The molecule has 2 heterocycles. The van der Waals surface area contributed by atoms with E-state index in [4.69, 9.17) is 23.9 Å². The van der Waals surface area contributed by atoms with Crippen LogP contribution in [-0.2, 0) is 26.4 Å². The Balaban J connectivity index is 0.00000280. The fourth-order valence-corrected chi connectivity index (χ4v) is 5.39. The van der Waals surface area contributed by atoms with Crippen molar-refractivity contribution < 1.29 is 23.7 Å². The summed E-state index contributed by atoms with van der Waals surface area (Å²) in [6.07, 6.45) is 3.98. The number of aromatic nitrogens is 1. The summed E-state index contributed by atoms with van der Waals surface area (Å²) < 4.78 is 13.0. The first-order valence-corrected chi connectivity index (χ1v) is 12.4. The summed E-state index contributed by atoms with van der Waals surface area (Å²) in [7, 11) is 0. The van der Waals surface area contributed by atoms with Crippen molar-refractivity contribution in [1.29, 1.82) is 0 Å². The summed E-state index contributed by atoms with van der Waals surface area (Å²) in [5, 5.41) is 0. The van der Waals surface area contributed by atoms with Crippen LogP contribution in [0.5, 0.6) is 5.75 Å². The molecule has 1 saturated heterocycles. The second-order valence-electron chi connectivity index (χ2n) is 9.47.